The molecule has 0 heterocycles. The second kappa shape index (κ2) is 8.28. The van der Waals surface area contributed by atoms with Crippen LogP contribution in [0.3, 0.4) is 0 Å². The first-order chi connectivity index (χ1) is 12.0. The first-order valence-electron chi connectivity index (χ1n) is 7.79. The first kappa shape index (κ1) is 18.4. The Morgan fingerprint density at radius 3 is 2.16 bits per heavy atom. The van der Waals surface area contributed by atoms with Gasteiger partial charge in [-0.25, -0.2) is 0 Å². The Bertz CT molecular complexity index is 745. The number of rotatable bonds is 7. The van der Waals surface area contributed by atoms with Crippen LogP contribution in [0, 0.1) is 0 Å². The molecule has 25 heavy (non-hydrogen) atoms. The minimum absolute atomic E-state index is 0.233. The molecule has 0 bridgehead atoms. The fourth-order valence-corrected chi connectivity index (χ4v) is 2.55. The molecule has 0 aliphatic carbocycles. The van der Waals surface area contributed by atoms with E-state index < -0.39 is 0 Å². The lowest BCUT2D eigenvalue weighted by atomic mass is 10.1. The van der Waals surface area contributed by atoms with Crippen molar-refractivity contribution >= 4 is 5.91 Å². The summed E-state index contributed by atoms with van der Waals surface area (Å²) in [5.74, 6) is 1.91. The number of methoxy groups -OCH3 is 4. The second-order valence-electron chi connectivity index (χ2n) is 5.35. The zero-order valence-electron chi connectivity index (χ0n) is 15.1. The molecule has 1 amide bonds. The van der Waals surface area contributed by atoms with E-state index in [1.54, 1.807) is 32.4 Å². The van der Waals surface area contributed by atoms with E-state index in [0.29, 0.717) is 28.6 Å². The normalized spacial score (nSPS) is 11.4. The van der Waals surface area contributed by atoms with E-state index in [9.17, 15) is 4.79 Å². The van der Waals surface area contributed by atoms with Gasteiger partial charge in [0.05, 0.1) is 40.0 Å². The molecule has 0 aromatic heterocycles. The molecule has 0 saturated carbocycles. The highest BCUT2D eigenvalue weighted by Crippen LogP contribution is 2.32. The van der Waals surface area contributed by atoms with Crippen molar-refractivity contribution in [3.05, 3.63) is 47.5 Å². The van der Waals surface area contributed by atoms with Crippen LogP contribution < -0.4 is 24.3 Å². The molecule has 0 radical (unpaired) electrons. The Labute approximate surface area is 147 Å². The van der Waals surface area contributed by atoms with Crippen LogP contribution in [0.1, 0.15) is 28.9 Å². The summed E-state index contributed by atoms with van der Waals surface area (Å²) in [6.45, 7) is 1.89. The van der Waals surface area contributed by atoms with Crippen molar-refractivity contribution in [2.45, 2.75) is 13.0 Å². The van der Waals surface area contributed by atoms with E-state index in [4.69, 9.17) is 18.9 Å². The van der Waals surface area contributed by atoms with Gasteiger partial charge in [0.25, 0.3) is 5.91 Å². The third kappa shape index (κ3) is 3.96. The molecule has 6 nitrogen and oxygen atoms in total. The van der Waals surface area contributed by atoms with Crippen molar-refractivity contribution < 1.29 is 23.7 Å². The SMILES string of the molecule is COc1ccc([C@H](C)NC(=O)c2cccc(OC)c2OC)cc1OC. The number of carbonyl (C=O) groups excluding carboxylic acids is 1. The molecule has 0 fully saturated rings. The van der Waals surface area contributed by atoms with Gasteiger partial charge in [0.1, 0.15) is 0 Å². The van der Waals surface area contributed by atoms with Crippen LogP contribution in [-0.2, 0) is 0 Å². The standard InChI is InChI=1S/C19H23NO5/c1-12(13-9-10-15(22-2)17(11-13)24-4)20-19(21)14-7-6-8-16(23-3)18(14)25-5/h6-12H,1-5H3,(H,20,21)/t12-/m0/s1. The zero-order chi connectivity index (χ0) is 18.4. The quantitative estimate of drug-likeness (QED) is 0.835. The molecule has 2 rings (SSSR count). The highest BCUT2D eigenvalue weighted by molar-refractivity contribution is 5.98. The fraction of sp³-hybridized carbons (Fsp3) is 0.316. The molecule has 0 aliphatic heterocycles. The van der Waals surface area contributed by atoms with E-state index in [1.165, 1.54) is 14.2 Å². The molecule has 6 heteroatoms. The Kier molecular flexibility index (Phi) is 6.11. The number of amides is 1. The van der Waals surface area contributed by atoms with Gasteiger partial charge in [-0.3, -0.25) is 4.79 Å². The van der Waals surface area contributed by atoms with Crippen LogP contribution in [-0.4, -0.2) is 34.3 Å². The summed E-state index contributed by atoms with van der Waals surface area (Å²) >= 11 is 0. The topological polar surface area (TPSA) is 66.0 Å². The zero-order valence-corrected chi connectivity index (χ0v) is 15.1. The van der Waals surface area contributed by atoms with Crippen LogP contribution in [0.2, 0.25) is 0 Å². The lowest BCUT2D eigenvalue weighted by molar-refractivity contribution is 0.0936. The molecule has 2 aromatic carbocycles. The van der Waals surface area contributed by atoms with Crippen LogP contribution >= 0.6 is 0 Å². The van der Waals surface area contributed by atoms with Crippen LogP contribution in [0.4, 0.5) is 0 Å². The first-order valence-corrected chi connectivity index (χ1v) is 7.79. The second-order valence-corrected chi connectivity index (χ2v) is 5.35. The van der Waals surface area contributed by atoms with E-state index >= 15 is 0 Å². The van der Waals surface area contributed by atoms with Crippen molar-refractivity contribution in [1.29, 1.82) is 0 Å². The fourth-order valence-electron chi connectivity index (χ4n) is 2.55. The predicted octanol–water partition coefficient (Wildman–Crippen LogP) is 3.21. The summed E-state index contributed by atoms with van der Waals surface area (Å²) in [5.41, 5.74) is 1.31. The summed E-state index contributed by atoms with van der Waals surface area (Å²) in [4.78, 5) is 12.7. The van der Waals surface area contributed by atoms with Gasteiger partial charge in [0.2, 0.25) is 0 Å². The number of nitrogens with one attached hydrogen (secondary N) is 1. The average molecular weight is 345 g/mol. The maximum atomic E-state index is 12.7. The van der Waals surface area contributed by atoms with E-state index in [-0.39, 0.29) is 11.9 Å². The minimum Gasteiger partial charge on any atom is -0.493 e. The molecule has 1 atom stereocenters. The van der Waals surface area contributed by atoms with Crippen molar-refractivity contribution in [3.8, 4) is 23.0 Å². The molecule has 0 spiro atoms. The smallest absolute Gasteiger partial charge is 0.255 e. The Balaban J connectivity index is 2.23. The predicted molar refractivity (Wildman–Crippen MR) is 95.0 cm³/mol. The summed E-state index contributed by atoms with van der Waals surface area (Å²) in [6.07, 6.45) is 0. The van der Waals surface area contributed by atoms with Crippen LogP contribution in [0.5, 0.6) is 23.0 Å². The number of hydrogen-bond donors (Lipinski definition) is 1. The number of ether oxygens (including phenoxy) is 4. The number of para-hydroxylation sites is 1. The van der Waals surface area contributed by atoms with Gasteiger partial charge >= 0.3 is 0 Å². The number of hydrogen-bond acceptors (Lipinski definition) is 5. The number of benzene rings is 2. The summed E-state index contributed by atoms with van der Waals surface area (Å²) < 4.78 is 21.1. The monoisotopic (exact) mass is 345 g/mol. The van der Waals surface area contributed by atoms with Gasteiger partial charge < -0.3 is 24.3 Å². The third-order valence-corrected chi connectivity index (χ3v) is 3.90. The molecule has 0 aliphatic rings. The van der Waals surface area contributed by atoms with Gasteiger partial charge in [-0.05, 0) is 36.8 Å². The molecule has 134 valence electrons. The molecule has 1 N–H and O–H groups in total. The highest BCUT2D eigenvalue weighted by Gasteiger charge is 2.19. The van der Waals surface area contributed by atoms with Gasteiger partial charge in [-0.1, -0.05) is 12.1 Å². The van der Waals surface area contributed by atoms with Gasteiger partial charge in [0.15, 0.2) is 23.0 Å². The van der Waals surface area contributed by atoms with Gasteiger partial charge in [-0.15, -0.1) is 0 Å². The van der Waals surface area contributed by atoms with E-state index in [0.717, 1.165) is 5.56 Å². The van der Waals surface area contributed by atoms with Crippen LogP contribution in [0.15, 0.2) is 36.4 Å². The highest BCUT2D eigenvalue weighted by atomic mass is 16.5. The van der Waals surface area contributed by atoms with Crippen LogP contribution in [0.25, 0.3) is 0 Å². The lowest BCUT2D eigenvalue weighted by Gasteiger charge is -2.18. The number of carbonyl (C=O) groups is 1. The molecule has 0 unspecified atom stereocenters. The van der Waals surface area contributed by atoms with Crippen molar-refractivity contribution in [1.82, 2.24) is 5.32 Å². The molecule has 2 aromatic rings. The Morgan fingerprint density at radius 2 is 1.56 bits per heavy atom. The van der Waals surface area contributed by atoms with Gasteiger partial charge in [0, 0.05) is 0 Å². The van der Waals surface area contributed by atoms with E-state index in [1.807, 2.05) is 25.1 Å². The Morgan fingerprint density at radius 1 is 0.880 bits per heavy atom. The Hall–Kier alpha value is -2.89. The molecular weight excluding hydrogens is 322 g/mol. The maximum absolute atomic E-state index is 12.7. The van der Waals surface area contributed by atoms with E-state index in [2.05, 4.69) is 5.32 Å². The van der Waals surface area contributed by atoms with Crippen molar-refractivity contribution in [2.24, 2.45) is 0 Å². The third-order valence-electron chi connectivity index (χ3n) is 3.90. The summed E-state index contributed by atoms with van der Waals surface area (Å²) in [7, 11) is 6.20. The summed E-state index contributed by atoms with van der Waals surface area (Å²) in [5, 5.41) is 2.96. The molecular formula is C19H23NO5. The van der Waals surface area contributed by atoms with Crippen molar-refractivity contribution in [2.75, 3.05) is 28.4 Å². The minimum atomic E-state index is -0.252. The van der Waals surface area contributed by atoms with Crippen molar-refractivity contribution in [3.63, 3.8) is 0 Å². The van der Waals surface area contributed by atoms with Gasteiger partial charge in [-0.2, -0.15) is 0 Å². The maximum Gasteiger partial charge on any atom is 0.255 e. The summed E-state index contributed by atoms with van der Waals surface area (Å²) in [6, 6.07) is 10.5. The molecule has 0 saturated heterocycles. The largest absolute Gasteiger partial charge is 0.493 e. The average Bonchev–Trinajstić information content (AvgIpc) is 2.66. The lowest BCUT2D eigenvalue weighted by Crippen LogP contribution is -2.27.